The minimum absolute atomic E-state index is 0.0640. The van der Waals surface area contributed by atoms with Gasteiger partial charge in [-0.25, -0.2) is 4.98 Å². The van der Waals surface area contributed by atoms with Crippen molar-refractivity contribution in [2.75, 3.05) is 31.1 Å². The first-order valence-corrected chi connectivity index (χ1v) is 8.20. The van der Waals surface area contributed by atoms with Gasteiger partial charge < -0.3 is 9.80 Å². The van der Waals surface area contributed by atoms with E-state index in [9.17, 15) is 18.0 Å². The van der Waals surface area contributed by atoms with Gasteiger partial charge in [-0.05, 0) is 24.1 Å². The third-order valence-electron chi connectivity index (χ3n) is 3.93. The molecule has 0 aliphatic carbocycles. The summed E-state index contributed by atoms with van der Waals surface area (Å²) in [5.41, 5.74) is 2.13. The van der Waals surface area contributed by atoms with Gasteiger partial charge in [0.25, 0.3) is 0 Å². The quantitative estimate of drug-likeness (QED) is 0.841. The zero-order chi connectivity index (χ0) is 16.6. The van der Waals surface area contributed by atoms with Crippen LogP contribution in [0.5, 0.6) is 0 Å². The molecule has 2 heterocycles. The number of benzene rings is 1. The van der Waals surface area contributed by atoms with Gasteiger partial charge in [-0.3, -0.25) is 4.79 Å². The highest BCUT2D eigenvalue weighted by atomic mass is 32.1. The van der Waals surface area contributed by atoms with Crippen LogP contribution in [0.15, 0.2) is 18.2 Å². The predicted octanol–water partition coefficient (Wildman–Crippen LogP) is 3.07. The number of hydrogen-bond donors (Lipinski definition) is 0. The fraction of sp³-hybridized carbons (Fsp3) is 0.467. The highest BCUT2D eigenvalue weighted by Gasteiger charge is 2.43. The predicted molar refractivity (Wildman–Crippen MR) is 83.8 cm³/mol. The molecule has 1 saturated heterocycles. The molecular weight excluding hydrogens is 327 g/mol. The van der Waals surface area contributed by atoms with Crippen molar-refractivity contribution in [2.24, 2.45) is 0 Å². The van der Waals surface area contributed by atoms with E-state index >= 15 is 0 Å². The number of thiazole rings is 1. The molecule has 1 amide bonds. The lowest BCUT2D eigenvalue weighted by Crippen LogP contribution is -2.52. The molecular formula is C15H16F3N3OS. The first kappa shape index (κ1) is 16.0. The summed E-state index contributed by atoms with van der Waals surface area (Å²) in [7, 11) is 0. The van der Waals surface area contributed by atoms with Gasteiger partial charge in [-0.2, -0.15) is 13.2 Å². The Kier molecular flexibility index (Phi) is 4.18. The van der Waals surface area contributed by atoms with E-state index in [4.69, 9.17) is 0 Å². The molecule has 0 radical (unpaired) electrons. The molecule has 0 unspecified atom stereocenters. The summed E-state index contributed by atoms with van der Waals surface area (Å²) in [4.78, 5) is 18.6. The lowest BCUT2D eigenvalue weighted by atomic mass is 10.2. The van der Waals surface area contributed by atoms with Gasteiger partial charge in [0, 0.05) is 26.2 Å². The number of rotatable bonds is 2. The van der Waals surface area contributed by atoms with Crippen molar-refractivity contribution in [2.45, 2.75) is 19.5 Å². The number of alkyl halides is 3. The van der Waals surface area contributed by atoms with Crippen molar-refractivity contribution in [1.82, 2.24) is 9.88 Å². The molecule has 1 aromatic heterocycles. The second kappa shape index (κ2) is 5.99. The van der Waals surface area contributed by atoms with E-state index < -0.39 is 12.1 Å². The largest absolute Gasteiger partial charge is 0.471 e. The Morgan fingerprint density at radius 2 is 1.96 bits per heavy atom. The van der Waals surface area contributed by atoms with Crippen LogP contribution >= 0.6 is 11.3 Å². The average Bonchev–Trinajstić information content (AvgIpc) is 2.96. The van der Waals surface area contributed by atoms with Crippen molar-refractivity contribution in [3.63, 3.8) is 0 Å². The maximum absolute atomic E-state index is 12.4. The summed E-state index contributed by atoms with van der Waals surface area (Å²) in [6.45, 7) is 2.94. The molecule has 0 N–H and O–H groups in total. The summed E-state index contributed by atoms with van der Waals surface area (Å²) in [6, 6.07) is 6.10. The summed E-state index contributed by atoms with van der Waals surface area (Å²) >= 11 is 1.54. The summed E-state index contributed by atoms with van der Waals surface area (Å²) < 4.78 is 38.4. The van der Waals surface area contributed by atoms with Gasteiger partial charge in [-0.1, -0.05) is 24.3 Å². The minimum atomic E-state index is -4.80. The van der Waals surface area contributed by atoms with Crippen LogP contribution in [-0.4, -0.2) is 48.1 Å². The van der Waals surface area contributed by atoms with Gasteiger partial charge in [-0.15, -0.1) is 0 Å². The van der Waals surface area contributed by atoms with Crippen LogP contribution in [0.4, 0.5) is 18.3 Å². The highest BCUT2D eigenvalue weighted by molar-refractivity contribution is 7.22. The zero-order valence-electron chi connectivity index (χ0n) is 12.6. The van der Waals surface area contributed by atoms with E-state index in [1.807, 2.05) is 17.0 Å². The van der Waals surface area contributed by atoms with Crippen molar-refractivity contribution >= 4 is 32.6 Å². The summed E-state index contributed by atoms with van der Waals surface area (Å²) in [5, 5.41) is 0.798. The van der Waals surface area contributed by atoms with Crippen molar-refractivity contribution in [3.05, 3.63) is 23.8 Å². The second-order valence-electron chi connectivity index (χ2n) is 5.43. The average molecular weight is 343 g/mol. The molecule has 3 rings (SSSR count). The van der Waals surface area contributed by atoms with E-state index in [-0.39, 0.29) is 13.1 Å². The van der Waals surface area contributed by atoms with Gasteiger partial charge >= 0.3 is 12.1 Å². The zero-order valence-corrected chi connectivity index (χ0v) is 13.4. The fourth-order valence-electron chi connectivity index (χ4n) is 2.59. The second-order valence-corrected chi connectivity index (χ2v) is 6.44. The SMILES string of the molecule is CCc1ccc2nc(N3CCN(C(=O)C(F)(F)F)CC3)sc2c1. The third kappa shape index (κ3) is 3.26. The van der Waals surface area contributed by atoms with Crippen molar-refractivity contribution in [3.8, 4) is 0 Å². The maximum Gasteiger partial charge on any atom is 0.471 e. The molecule has 1 aliphatic rings. The molecule has 1 aromatic carbocycles. The maximum atomic E-state index is 12.4. The highest BCUT2D eigenvalue weighted by Crippen LogP contribution is 2.30. The van der Waals surface area contributed by atoms with Crippen molar-refractivity contribution < 1.29 is 18.0 Å². The van der Waals surface area contributed by atoms with Gasteiger partial charge in [0.15, 0.2) is 5.13 Å². The lowest BCUT2D eigenvalue weighted by molar-refractivity contribution is -0.185. The van der Waals surface area contributed by atoms with Crippen LogP contribution in [-0.2, 0) is 11.2 Å². The number of carbonyl (C=O) groups is 1. The van der Waals surface area contributed by atoms with Gasteiger partial charge in [0.1, 0.15) is 0 Å². The van der Waals surface area contributed by atoms with Crippen LogP contribution in [0.3, 0.4) is 0 Å². The molecule has 1 aliphatic heterocycles. The Bertz CT molecular complexity index is 720. The molecule has 0 spiro atoms. The minimum Gasteiger partial charge on any atom is -0.345 e. The molecule has 23 heavy (non-hydrogen) atoms. The van der Waals surface area contributed by atoms with Crippen LogP contribution in [0.2, 0.25) is 0 Å². The number of piperazine rings is 1. The van der Waals surface area contributed by atoms with Crippen LogP contribution in [0, 0.1) is 0 Å². The van der Waals surface area contributed by atoms with E-state index in [0.29, 0.717) is 13.1 Å². The molecule has 0 bridgehead atoms. The molecule has 0 atom stereocenters. The van der Waals surface area contributed by atoms with Crippen molar-refractivity contribution in [1.29, 1.82) is 0 Å². The Hall–Kier alpha value is -1.83. The van der Waals surface area contributed by atoms with Crippen LogP contribution in [0.1, 0.15) is 12.5 Å². The topological polar surface area (TPSA) is 36.4 Å². The normalized spacial score (nSPS) is 16.2. The first-order valence-electron chi connectivity index (χ1n) is 7.39. The molecule has 2 aromatic rings. The monoisotopic (exact) mass is 343 g/mol. The van der Waals surface area contributed by atoms with Gasteiger partial charge in [0.2, 0.25) is 0 Å². The molecule has 124 valence electrons. The number of aryl methyl sites for hydroxylation is 1. The standard InChI is InChI=1S/C15H16F3N3OS/c1-2-10-3-4-11-12(9-10)23-14(19-11)21-7-5-20(6-8-21)13(22)15(16,17)18/h3-4,9H,2,5-8H2,1H3. The smallest absolute Gasteiger partial charge is 0.345 e. The number of hydrogen-bond acceptors (Lipinski definition) is 4. The number of nitrogens with zero attached hydrogens (tertiary/aromatic N) is 3. The number of halogens is 3. The van der Waals surface area contributed by atoms with E-state index in [2.05, 4.69) is 18.0 Å². The fourth-order valence-corrected chi connectivity index (χ4v) is 3.67. The van der Waals surface area contributed by atoms with E-state index in [0.717, 1.165) is 26.7 Å². The number of fused-ring (bicyclic) bond motifs is 1. The lowest BCUT2D eigenvalue weighted by Gasteiger charge is -2.34. The Balaban J connectivity index is 1.71. The summed E-state index contributed by atoms with van der Waals surface area (Å²) in [6.07, 6.45) is -3.85. The molecule has 1 fully saturated rings. The van der Waals surface area contributed by atoms with E-state index in [1.165, 1.54) is 16.9 Å². The Morgan fingerprint density at radius 1 is 1.26 bits per heavy atom. The van der Waals surface area contributed by atoms with E-state index in [1.54, 1.807) is 0 Å². The first-order chi connectivity index (χ1) is 10.9. The van der Waals surface area contributed by atoms with Crippen LogP contribution < -0.4 is 4.90 Å². The number of anilines is 1. The molecule has 8 heteroatoms. The van der Waals surface area contributed by atoms with Gasteiger partial charge in [0.05, 0.1) is 10.2 Å². The molecule has 4 nitrogen and oxygen atoms in total. The number of amides is 1. The Labute approximate surface area is 135 Å². The van der Waals surface area contributed by atoms with Crippen LogP contribution in [0.25, 0.3) is 10.2 Å². The Morgan fingerprint density at radius 3 is 2.57 bits per heavy atom. The molecule has 0 saturated carbocycles. The third-order valence-corrected chi connectivity index (χ3v) is 5.01. The summed E-state index contributed by atoms with van der Waals surface area (Å²) in [5.74, 6) is -1.76. The number of carbonyl (C=O) groups excluding carboxylic acids is 1. The number of aromatic nitrogens is 1.